The van der Waals surface area contributed by atoms with Gasteiger partial charge in [0.2, 0.25) is 5.91 Å². The van der Waals surface area contributed by atoms with Crippen LogP contribution in [0.1, 0.15) is 13.3 Å². The highest BCUT2D eigenvalue weighted by molar-refractivity contribution is 6.32. The van der Waals surface area contributed by atoms with Gasteiger partial charge in [0.15, 0.2) is 0 Å². The van der Waals surface area contributed by atoms with Gasteiger partial charge in [-0.1, -0.05) is 18.5 Å². The maximum Gasteiger partial charge on any atom is 0.387 e. The lowest BCUT2D eigenvalue weighted by Gasteiger charge is -2.09. The smallest absolute Gasteiger partial charge is 0.387 e. The highest BCUT2D eigenvalue weighted by atomic mass is 35.5. The van der Waals surface area contributed by atoms with E-state index in [1.807, 2.05) is 6.92 Å². The Morgan fingerprint density at radius 3 is 2.72 bits per heavy atom. The van der Waals surface area contributed by atoms with E-state index in [1.165, 1.54) is 18.2 Å². The summed E-state index contributed by atoms with van der Waals surface area (Å²) in [5.41, 5.74) is 0.478. The van der Waals surface area contributed by atoms with Crippen LogP contribution >= 0.6 is 11.6 Å². The minimum Gasteiger partial charge on any atom is -0.433 e. The maximum absolute atomic E-state index is 12.0. The molecule has 1 fully saturated rings. The Hall–Kier alpha value is -1.36. The second-order valence-corrected chi connectivity index (χ2v) is 4.74. The van der Waals surface area contributed by atoms with E-state index < -0.39 is 6.61 Å². The summed E-state index contributed by atoms with van der Waals surface area (Å²) in [4.78, 5) is 11.7. The molecular formula is C12H12ClF2NO2. The number of halogens is 3. The Balaban J connectivity index is 2.02. The zero-order valence-corrected chi connectivity index (χ0v) is 10.4. The number of hydrogen-bond donors (Lipinski definition) is 1. The highest BCUT2D eigenvalue weighted by Gasteiger charge is 2.39. The fourth-order valence-corrected chi connectivity index (χ4v) is 1.92. The summed E-state index contributed by atoms with van der Waals surface area (Å²) in [6, 6.07) is 4.18. The fraction of sp³-hybridized carbons (Fsp3) is 0.417. The molecule has 0 heterocycles. The van der Waals surface area contributed by atoms with E-state index >= 15 is 0 Å². The fourth-order valence-electron chi connectivity index (χ4n) is 1.69. The number of carbonyl (C=O) groups is 1. The van der Waals surface area contributed by atoms with E-state index in [0.717, 1.165) is 6.42 Å². The van der Waals surface area contributed by atoms with Crippen molar-refractivity contribution in [3.05, 3.63) is 23.2 Å². The molecule has 1 amide bonds. The van der Waals surface area contributed by atoms with Crippen LogP contribution in [0.25, 0.3) is 0 Å². The molecule has 1 aromatic carbocycles. The molecule has 0 aliphatic heterocycles. The summed E-state index contributed by atoms with van der Waals surface area (Å²) >= 11 is 5.77. The second-order valence-electron chi connectivity index (χ2n) is 4.33. The van der Waals surface area contributed by atoms with Gasteiger partial charge in [-0.15, -0.1) is 0 Å². The molecule has 98 valence electrons. The molecule has 0 bridgehead atoms. The molecule has 1 saturated carbocycles. The molecule has 1 aliphatic carbocycles. The average molecular weight is 276 g/mol. The Morgan fingerprint density at radius 2 is 2.22 bits per heavy atom. The molecule has 1 aliphatic rings. The van der Waals surface area contributed by atoms with Crippen molar-refractivity contribution in [1.82, 2.24) is 0 Å². The van der Waals surface area contributed by atoms with Gasteiger partial charge in [-0.25, -0.2) is 0 Å². The predicted molar refractivity (Wildman–Crippen MR) is 64.0 cm³/mol. The molecule has 3 nitrogen and oxygen atoms in total. The van der Waals surface area contributed by atoms with Gasteiger partial charge in [0.05, 0.1) is 5.02 Å². The van der Waals surface area contributed by atoms with E-state index in [-0.39, 0.29) is 22.6 Å². The number of rotatable bonds is 4. The molecule has 6 heteroatoms. The van der Waals surface area contributed by atoms with Crippen LogP contribution < -0.4 is 10.1 Å². The Labute approximate surface area is 108 Å². The summed E-state index contributed by atoms with van der Waals surface area (Å²) in [5, 5.41) is 2.73. The van der Waals surface area contributed by atoms with Crippen LogP contribution in [0, 0.1) is 11.8 Å². The van der Waals surface area contributed by atoms with Gasteiger partial charge in [0, 0.05) is 11.6 Å². The molecule has 0 saturated heterocycles. The molecule has 2 rings (SSSR count). The van der Waals surface area contributed by atoms with Gasteiger partial charge in [-0.05, 0) is 30.5 Å². The number of carbonyl (C=O) groups excluding carboxylic acids is 1. The van der Waals surface area contributed by atoms with Gasteiger partial charge >= 0.3 is 6.61 Å². The van der Waals surface area contributed by atoms with Crippen LogP contribution in [0.15, 0.2) is 18.2 Å². The lowest BCUT2D eigenvalue weighted by Crippen LogP contribution is -2.14. The summed E-state index contributed by atoms with van der Waals surface area (Å²) < 4.78 is 28.2. The van der Waals surface area contributed by atoms with Gasteiger partial charge in [-0.3, -0.25) is 4.79 Å². The van der Waals surface area contributed by atoms with Crippen molar-refractivity contribution in [1.29, 1.82) is 0 Å². The van der Waals surface area contributed by atoms with Crippen LogP contribution in [0.2, 0.25) is 5.02 Å². The lowest BCUT2D eigenvalue weighted by molar-refractivity contribution is -0.117. The van der Waals surface area contributed by atoms with Crippen molar-refractivity contribution in [2.75, 3.05) is 5.32 Å². The van der Waals surface area contributed by atoms with Crippen molar-refractivity contribution in [3.63, 3.8) is 0 Å². The SMILES string of the molecule is CC1CC1C(=O)Nc1ccc(OC(F)F)c(Cl)c1. The van der Waals surface area contributed by atoms with Crippen molar-refractivity contribution in [3.8, 4) is 5.75 Å². The lowest BCUT2D eigenvalue weighted by atomic mass is 10.2. The molecule has 1 aromatic rings. The summed E-state index contributed by atoms with van der Waals surface area (Å²) in [6.07, 6.45) is 0.881. The Bertz CT molecular complexity index is 467. The molecule has 2 unspecified atom stereocenters. The monoisotopic (exact) mass is 275 g/mol. The topological polar surface area (TPSA) is 38.3 Å². The first-order chi connectivity index (χ1) is 8.47. The van der Waals surface area contributed by atoms with Crippen LogP contribution in [0.3, 0.4) is 0 Å². The summed E-state index contributed by atoms with van der Waals surface area (Å²) in [6.45, 7) is -0.924. The zero-order chi connectivity index (χ0) is 13.3. The average Bonchev–Trinajstić information content (AvgIpc) is 2.99. The number of amides is 1. The largest absolute Gasteiger partial charge is 0.433 e. The molecule has 0 spiro atoms. The highest BCUT2D eigenvalue weighted by Crippen LogP contribution is 2.38. The van der Waals surface area contributed by atoms with Gasteiger partial charge in [0.1, 0.15) is 5.75 Å². The van der Waals surface area contributed by atoms with Crippen molar-refractivity contribution < 1.29 is 18.3 Å². The minimum absolute atomic E-state index is 0.0388. The van der Waals surface area contributed by atoms with E-state index in [2.05, 4.69) is 10.1 Å². The first-order valence-electron chi connectivity index (χ1n) is 5.52. The molecule has 1 N–H and O–H groups in total. The van der Waals surface area contributed by atoms with Crippen LogP contribution in [-0.2, 0) is 4.79 Å². The van der Waals surface area contributed by atoms with Crippen molar-refractivity contribution in [2.45, 2.75) is 20.0 Å². The summed E-state index contributed by atoms with van der Waals surface area (Å²) in [5.74, 6) is 0.272. The molecular weight excluding hydrogens is 264 g/mol. The van der Waals surface area contributed by atoms with E-state index in [4.69, 9.17) is 11.6 Å². The zero-order valence-electron chi connectivity index (χ0n) is 9.62. The normalized spacial score (nSPS) is 21.8. The quantitative estimate of drug-likeness (QED) is 0.913. The van der Waals surface area contributed by atoms with Crippen molar-refractivity contribution >= 4 is 23.2 Å². The van der Waals surface area contributed by atoms with E-state index in [0.29, 0.717) is 11.6 Å². The van der Waals surface area contributed by atoms with Crippen LogP contribution in [0.5, 0.6) is 5.75 Å². The molecule has 2 atom stereocenters. The number of nitrogens with one attached hydrogen (secondary N) is 1. The third kappa shape index (κ3) is 3.10. The van der Waals surface area contributed by atoms with Gasteiger partial charge < -0.3 is 10.1 Å². The maximum atomic E-state index is 12.0. The number of benzene rings is 1. The Morgan fingerprint density at radius 1 is 1.56 bits per heavy atom. The summed E-state index contributed by atoms with van der Waals surface area (Å²) in [7, 11) is 0. The van der Waals surface area contributed by atoms with Gasteiger partial charge in [0.25, 0.3) is 0 Å². The first-order valence-corrected chi connectivity index (χ1v) is 5.90. The minimum atomic E-state index is -2.92. The number of ether oxygens (including phenoxy) is 1. The standard InChI is InChI=1S/C12H12ClF2NO2/c1-6-4-8(6)11(17)16-7-2-3-10(9(13)5-7)18-12(14)15/h2-3,5-6,8,12H,4H2,1H3,(H,16,17). The van der Waals surface area contributed by atoms with Crippen LogP contribution in [-0.4, -0.2) is 12.5 Å². The Kier molecular flexibility index (Phi) is 3.71. The second kappa shape index (κ2) is 5.10. The van der Waals surface area contributed by atoms with E-state index in [9.17, 15) is 13.6 Å². The van der Waals surface area contributed by atoms with Crippen molar-refractivity contribution in [2.24, 2.45) is 11.8 Å². The number of hydrogen-bond acceptors (Lipinski definition) is 2. The molecule has 18 heavy (non-hydrogen) atoms. The first kappa shape index (κ1) is 13.1. The molecule has 0 aromatic heterocycles. The number of alkyl halides is 2. The predicted octanol–water partition coefficient (Wildman–Crippen LogP) is 3.54. The third-order valence-corrected chi connectivity index (χ3v) is 3.16. The number of anilines is 1. The molecule has 0 radical (unpaired) electrons. The van der Waals surface area contributed by atoms with E-state index in [1.54, 1.807) is 0 Å². The van der Waals surface area contributed by atoms with Gasteiger partial charge in [-0.2, -0.15) is 8.78 Å². The third-order valence-electron chi connectivity index (χ3n) is 2.86. The van der Waals surface area contributed by atoms with Crippen LogP contribution in [0.4, 0.5) is 14.5 Å².